The van der Waals surface area contributed by atoms with Crippen molar-refractivity contribution in [3.63, 3.8) is 0 Å². The fourth-order valence-electron chi connectivity index (χ4n) is 1.84. The van der Waals surface area contributed by atoms with Crippen molar-refractivity contribution >= 4 is 28.6 Å². The molecule has 0 spiro atoms. The number of ether oxygens (including phenoxy) is 1. The van der Waals surface area contributed by atoms with E-state index in [0.717, 1.165) is 6.07 Å². The molecule has 0 unspecified atom stereocenters. The first-order valence-corrected chi connectivity index (χ1v) is 6.07. The Hall–Kier alpha value is -1.69. The first-order chi connectivity index (χ1) is 9.08. The van der Waals surface area contributed by atoms with Crippen LogP contribution in [-0.4, -0.2) is 28.5 Å². The maximum Gasteiger partial charge on any atom is 0.325 e. The molecular formula is C12H11ClF2N2O2. The van der Waals surface area contributed by atoms with E-state index in [9.17, 15) is 13.6 Å². The number of fused-ring (bicyclic) bond motifs is 1. The number of rotatable bonds is 4. The minimum Gasteiger partial charge on any atom is -0.468 e. The first kappa shape index (κ1) is 13.7. The Morgan fingerprint density at radius 2 is 2.21 bits per heavy atom. The lowest BCUT2D eigenvalue weighted by molar-refractivity contribution is -0.141. The van der Waals surface area contributed by atoms with Gasteiger partial charge in [0.1, 0.15) is 17.9 Å². The number of imidazole rings is 1. The predicted octanol–water partition coefficient (Wildman–Crippen LogP) is 2.27. The van der Waals surface area contributed by atoms with Crippen LogP contribution in [0.1, 0.15) is 5.82 Å². The highest BCUT2D eigenvalue weighted by atomic mass is 35.5. The van der Waals surface area contributed by atoms with Crippen molar-refractivity contribution in [1.29, 1.82) is 0 Å². The van der Waals surface area contributed by atoms with Crippen LogP contribution < -0.4 is 0 Å². The van der Waals surface area contributed by atoms with Crippen LogP contribution in [0.3, 0.4) is 0 Å². The summed E-state index contributed by atoms with van der Waals surface area (Å²) < 4.78 is 33.0. The fourth-order valence-corrected chi connectivity index (χ4v) is 2.01. The second kappa shape index (κ2) is 5.52. The van der Waals surface area contributed by atoms with E-state index in [0.29, 0.717) is 12.2 Å². The van der Waals surface area contributed by atoms with Crippen molar-refractivity contribution in [2.75, 3.05) is 13.0 Å². The number of esters is 1. The van der Waals surface area contributed by atoms with E-state index >= 15 is 0 Å². The Labute approximate surface area is 112 Å². The van der Waals surface area contributed by atoms with Gasteiger partial charge >= 0.3 is 5.97 Å². The van der Waals surface area contributed by atoms with Crippen molar-refractivity contribution in [3.05, 3.63) is 29.6 Å². The topological polar surface area (TPSA) is 44.1 Å². The largest absolute Gasteiger partial charge is 0.468 e. The number of aryl methyl sites for hydroxylation is 1. The van der Waals surface area contributed by atoms with Gasteiger partial charge < -0.3 is 9.30 Å². The minimum absolute atomic E-state index is 0.0504. The van der Waals surface area contributed by atoms with Crippen molar-refractivity contribution in [1.82, 2.24) is 9.55 Å². The summed E-state index contributed by atoms with van der Waals surface area (Å²) in [4.78, 5) is 15.5. The summed E-state index contributed by atoms with van der Waals surface area (Å²) in [6, 6.07) is 2.36. The predicted molar refractivity (Wildman–Crippen MR) is 66.1 cm³/mol. The molecule has 0 atom stereocenters. The second-order valence-corrected chi connectivity index (χ2v) is 4.24. The molecule has 7 heteroatoms. The number of nitrogens with zero attached hydrogens (tertiary/aromatic N) is 2. The van der Waals surface area contributed by atoms with Gasteiger partial charge in [-0.25, -0.2) is 13.8 Å². The molecule has 0 saturated carbocycles. The molecule has 19 heavy (non-hydrogen) atoms. The maximum atomic E-state index is 13.8. The van der Waals surface area contributed by atoms with Gasteiger partial charge in [0, 0.05) is 12.3 Å². The van der Waals surface area contributed by atoms with Gasteiger partial charge in [-0.05, 0) is 12.1 Å². The van der Waals surface area contributed by atoms with E-state index in [4.69, 9.17) is 11.6 Å². The zero-order valence-electron chi connectivity index (χ0n) is 10.1. The highest BCUT2D eigenvalue weighted by Crippen LogP contribution is 2.22. The summed E-state index contributed by atoms with van der Waals surface area (Å²) in [6.07, 6.45) is 0.342. The molecule has 0 amide bonds. The molecule has 102 valence electrons. The Bertz CT molecular complexity index is 628. The van der Waals surface area contributed by atoms with E-state index in [1.807, 2.05) is 0 Å². The number of carbonyl (C=O) groups excluding carboxylic acids is 1. The number of alkyl halides is 1. The number of hydrogen-bond acceptors (Lipinski definition) is 3. The third-order valence-electron chi connectivity index (χ3n) is 2.71. The summed E-state index contributed by atoms with van der Waals surface area (Å²) in [5, 5.41) is 0. The molecule has 2 rings (SSSR count). The van der Waals surface area contributed by atoms with E-state index in [-0.39, 0.29) is 23.5 Å². The van der Waals surface area contributed by atoms with Crippen LogP contribution in [0.2, 0.25) is 0 Å². The van der Waals surface area contributed by atoms with Gasteiger partial charge in [-0.2, -0.15) is 0 Å². The molecule has 0 aliphatic heterocycles. The van der Waals surface area contributed by atoms with Gasteiger partial charge in [0.15, 0.2) is 11.6 Å². The molecule has 1 heterocycles. The molecule has 0 bridgehead atoms. The lowest BCUT2D eigenvalue weighted by Gasteiger charge is -2.07. The Morgan fingerprint density at radius 3 is 2.84 bits per heavy atom. The Morgan fingerprint density at radius 1 is 1.47 bits per heavy atom. The second-order valence-electron chi connectivity index (χ2n) is 3.86. The van der Waals surface area contributed by atoms with Crippen LogP contribution in [0.5, 0.6) is 0 Å². The van der Waals surface area contributed by atoms with Crippen molar-refractivity contribution in [3.8, 4) is 0 Å². The molecule has 0 radical (unpaired) electrons. The molecule has 1 aromatic heterocycles. The molecule has 4 nitrogen and oxygen atoms in total. The number of benzene rings is 1. The number of methoxy groups -OCH3 is 1. The average molecular weight is 289 g/mol. The smallest absolute Gasteiger partial charge is 0.325 e. The van der Waals surface area contributed by atoms with Gasteiger partial charge in [0.2, 0.25) is 0 Å². The molecule has 0 N–H and O–H groups in total. The highest BCUT2D eigenvalue weighted by molar-refractivity contribution is 6.17. The fraction of sp³-hybridized carbons (Fsp3) is 0.333. The number of halogens is 3. The third-order valence-corrected chi connectivity index (χ3v) is 2.90. The number of carbonyl (C=O) groups is 1. The summed E-state index contributed by atoms with van der Waals surface area (Å²) in [5.41, 5.74) is 0.230. The number of aromatic nitrogens is 2. The van der Waals surface area contributed by atoms with Crippen molar-refractivity contribution in [2.45, 2.75) is 13.0 Å². The maximum absolute atomic E-state index is 13.8. The van der Waals surface area contributed by atoms with Gasteiger partial charge in [-0.1, -0.05) is 0 Å². The van der Waals surface area contributed by atoms with Crippen LogP contribution in [0.4, 0.5) is 8.78 Å². The van der Waals surface area contributed by atoms with Crippen LogP contribution >= 0.6 is 11.6 Å². The van der Waals surface area contributed by atoms with E-state index in [2.05, 4.69) is 9.72 Å². The van der Waals surface area contributed by atoms with Gasteiger partial charge in [-0.15, -0.1) is 11.6 Å². The van der Waals surface area contributed by atoms with Crippen LogP contribution in [0.15, 0.2) is 12.1 Å². The molecule has 1 aromatic carbocycles. The molecule has 0 fully saturated rings. The van der Waals surface area contributed by atoms with Crippen LogP contribution in [-0.2, 0) is 22.5 Å². The summed E-state index contributed by atoms with van der Waals surface area (Å²) in [7, 11) is 1.22. The molecule has 0 aliphatic carbocycles. The Balaban J connectivity index is 2.63. The molecule has 2 aromatic rings. The lowest BCUT2D eigenvalue weighted by atomic mass is 10.3. The molecule has 0 saturated heterocycles. The van der Waals surface area contributed by atoms with Crippen molar-refractivity contribution < 1.29 is 18.3 Å². The zero-order valence-corrected chi connectivity index (χ0v) is 10.9. The van der Waals surface area contributed by atoms with Crippen LogP contribution in [0.25, 0.3) is 11.0 Å². The average Bonchev–Trinajstić information content (AvgIpc) is 2.73. The number of hydrogen-bond donors (Lipinski definition) is 0. The first-order valence-electron chi connectivity index (χ1n) is 5.54. The summed E-state index contributed by atoms with van der Waals surface area (Å²) >= 11 is 5.64. The minimum atomic E-state index is -1.03. The standard InChI is InChI=1S/C12H11ClF2N2O2/c1-19-10(18)6-17-9(4-5-13)16-8-3-2-7(14)11(15)12(8)17/h2-3H,4-6H2,1H3. The van der Waals surface area contributed by atoms with Gasteiger partial charge in [0.25, 0.3) is 0 Å². The van der Waals surface area contributed by atoms with E-state index < -0.39 is 17.6 Å². The summed E-state index contributed by atoms with van der Waals surface area (Å²) in [6.45, 7) is -0.237. The van der Waals surface area contributed by atoms with Gasteiger partial charge in [-0.3, -0.25) is 4.79 Å². The van der Waals surface area contributed by atoms with Crippen molar-refractivity contribution in [2.24, 2.45) is 0 Å². The summed E-state index contributed by atoms with van der Waals surface area (Å²) in [5.74, 6) is -1.92. The normalized spacial score (nSPS) is 10.9. The Kier molecular flexibility index (Phi) is 3.99. The third kappa shape index (κ3) is 2.53. The van der Waals surface area contributed by atoms with E-state index in [1.54, 1.807) is 0 Å². The van der Waals surface area contributed by atoms with E-state index in [1.165, 1.54) is 17.7 Å². The van der Waals surface area contributed by atoms with Crippen LogP contribution in [0, 0.1) is 11.6 Å². The monoisotopic (exact) mass is 288 g/mol. The lowest BCUT2D eigenvalue weighted by Crippen LogP contribution is -2.15. The zero-order chi connectivity index (χ0) is 14.0. The highest BCUT2D eigenvalue weighted by Gasteiger charge is 2.19. The SMILES string of the molecule is COC(=O)Cn1c(CCCl)nc2ccc(F)c(F)c21. The quantitative estimate of drug-likeness (QED) is 0.640. The molecular weight excluding hydrogens is 278 g/mol. The molecule has 0 aliphatic rings. The van der Waals surface area contributed by atoms with Gasteiger partial charge in [0.05, 0.1) is 12.6 Å².